The van der Waals surface area contributed by atoms with Crippen molar-refractivity contribution in [2.45, 2.75) is 26.8 Å². The van der Waals surface area contributed by atoms with Crippen LogP contribution in [0.1, 0.15) is 30.0 Å². The zero-order chi connectivity index (χ0) is 13.1. The van der Waals surface area contributed by atoms with E-state index in [2.05, 4.69) is 25.2 Å². The molecular weight excluding hydrogens is 226 g/mol. The van der Waals surface area contributed by atoms with Crippen LogP contribution >= 0.6 is 0 Å². The molecule has 0 aliphatic carbocycles. The molecule has 0 fully saturated rings. The minimum absolute atomic E-state index is 0.106. The lowest BCUT2D eigenvalue weighted by Gasteiger charge is -2.16. The van der Waals surface area contributed by atoms with Crippen LogP contribution in [0.15, 0.2) is 34.7 Å². The Morgan fingerprint density at radius 1 is 1.17 bits per heavy atom. The van der Waals surface area contributed by atoms with E-state index in [4.69, 9.17) is 9.15 Å². The summed E-state index contributed by atoms with van der Waals surface area (Å²) in [6.45, 7) is 6.08. The molecule has 0 aliphatic rings. The quantitative estimate of drug-likeness (QED) is 0.881. The molecule has 1 heterocycles. The van der Waals surface area contributed by atoms with Crippen molar-refractivity contribution in [1.82, 2.24) is 0 Å². The van der Waals surface area contributed by atoms with Gasteiger partial charge in [-0.15, -0.1) is 0 Å². The van der Waals surface area contributed by atoms with Gasteiger partial charge in [0.05, 0.1) is 18.8 Å². The van der Waals surface area contributed by atoms with Crippen LogP contribution in [0.3, 0.4) is 0 Å². The summed E-state index contributed by atoms with van der Waals surface area (Å²) in [5.41, 5.74) is 2.18. The molecule has 0 saturated carbocycles. The first-order valence-electron chi connectivity index (χ1n) is 6.07. The largest absolute Gasteiger partial charge is 0.495 e. The Labute approximate surface area is 108 Å². The smallest absolute Gasteiger partial charge is 0.141 e. The number of anilines is 1. The summed E-state index contributed by atoms with van der Waals surface area (Å²) < 4.78 is 11.0. The summed E-state index contributed by atoms with van der Waals surface area (Å²) in [5, 5.41) is 3.41. The van der Waals surface area contributed by atoms with Gasteiger partial charge in [0.1, 0.15) is 17.3 Å². The Morgan fingerprint density at radius 3 is 2.56 bits per heavy atom. The van der Waals surface area contributed by atoms with Crippen molar-refractivity contribution < 1.29 is 9.15 Å². The molecule has 0 amide bonds. The third kappa shape index (κ3) is 2.67. The van der Waals surface area contributed by atoms with Crippen molar-refractivity contribution in [2.24, 2.45) is 0 Å². The zero-order valence-electron chi connectivity index (χ0n) is 11.3. The maximum atomic E-state index is 5.62. The van der Waals surface area contributed by atoms with Gasteiger partial charge >= 0.3 is 0 Å². The number of rotatable bonds is 4. The number of benzene rings is 1. The van der Waals surface area contributed by atoms with Crippen molar-refractivity contribution in [2.75, 3.05) is 12.4 Å². The molecule has 2 aromatic rings. The van der Waals surface area contributed by atoms with Crippen LogP contribution in [0, 0.1) is 13.8 Å². The van der Waals surface area contributed by atoms with E-state index in [0.717, 1.165) is 23.0 Å². The lowest BCUT2D eigenvalue weighted by molar-refractivity contribution is 0.415. The van der Waals surface area contributed by atoms with E-state index < -0.39 is 0 Å². The second-order valence-electron chi connectivity index (χ2n) is 4.52. The molecule has 0 radical (unpaired) electrons. The normalized spacial score (nSPS) is 12.2. The van der Waals surface area contributed by atoms with Crippen LogP contribution in [0.25, 0.3) is 0 Å². The van der Waals surface area contributed by atoms with Crippen LogP contribution in [-0.2, 0) is 0 Å². The second-order valence-corrected chi connectivity index (χ2v) is 4.52. The Kier molecular flexibility index (Phi) is 3.60. The molecule has 3 heteroatoms. The van der Waals surface area contributed by atoms with Gasteiger partial charge in [0.15, 0.2) is 0 Å². The highest BCUT2D eigenvalue weighted by molar-refractivity contribution is 5.58. The fourth-order valence-corrected chi connectivity index (χ4v) is 1.93. The molecule has 1 atom stereocenters. The van der Waals surface area contributed by atoms with Crippen molar-refractivity contribution in [3.05, 3.63) is 47.4 Å². The van der Waals surface area contributed by atoms with E-state index in [-0.39, 0.29) is 6.04 Å². The molecule has 0 aliphatic heterocycles. The predicted octanol–water partition coefficient (Wildman–Crippen LogP) is 4.08. The summed E-state index contributed by atoms with van der Waals surface area (Å²) >= 11 is 0. The zero-order valence-corrected chi connectivity index (χ0v) is 11.3. The molecule has 3 nitrogen and oxygen atoms in total. The van der Waals surface area contributed by atoms with E-state index in [9.17, 15) is 0 Å². The minimum Gasteiger partial charge on any atom is -0.495 e. The first kappa shape index (κ1) is 12.6. The summed E-state index contributed by atoms with van der Waals surface area (Å²) in [5.74, 6) is 2.70. The molecule has 96 valence electrons. The van der Waals surface area contributed by atoms with E-state index in [1.165, 1.54) is 5.56 Å². The highest BCUT2D eigenvalue weighted by Crippen LogP contribution is 2.29. The Hall–Kier alpha value is -1.90. The fourth-order valence-electron chi connectivity index (χ4n) is 1.93. The van der Waals surface area contributed by atoms with Gasteiger partial charge in [-0.3, -0.25) is 0 Å². The van der Waals surface area contributed by atoms with Crippen LogP contribution in [0.4, 0.5) is 5.69 Å². The molecule has 1 aromatic carbocycles. The highest BCUT2D eigenvalue weighted by Gasteiger charge is 2.12. The Bertz CT molecular complexity index is 531. The van der Waals surface area contributed by atoms with E-state index in [0.29, 0.717) is 0 Å². The minimum atomic E-state index is 0.106. The first-order valence-corrected chi connectivity index (χ1v) is 6.07. The van der Waals surface area contributed by atoms with Crippen molar-refractivity contribution in [1.29, 1.82) is 0 Å². The molecular formula is C15H19NO2. The van der Waals surface area contributed by atoms with Gasteiger partial charge in [-0.05, 0) is 50.6 Å². The van der Waals surface area contributed by atoms with Crippen molar-refractivity contribution in [3.63, 3.8) is 0 Å². The average Bonchev–Trinajstić information content (AvgIpc) is 2.76. The van der Waals surface area contributed by atoms with Crippen LogP contribution in [0.2, 0.25) is 0 Å². The van der Waals surface area contributed by atoms with Crippen molar-refractivity contribution in [3.8, 4) is 5.75 Å². The molecule has 1 N–H and O–H groups in total. The third-order valence-corrected chi connectivity index (χ3v) is 2.91. The molecule has 2 rings (SSSR count). The van der Waals surface area contributed by atoms with Crippen LogP contribution in [-0.4, -0.2) is 7.11 Å². The second kappa shape index (κ2) is 5.17. The van der Waals surface area contributed by atoms with Gasteiger partial charge in [0.2, 0.25) is 0 Å². The summed E-state index contributed by atoms with van der Waals surface area (Å²) in [4.78, 5) is 0. The first-order chi connectivity index (χ1) is 8.60. The monoisotopic (exact) mass is 245 g/mol. The van der Waals surface area contributed by atoms with E-state index in [1.807, 2.05) is 31.2 Å². The molecule has 1 aromatic heterocycles. The number of furan rings is 1. The lowest BCUT2D eigenvalue weighted by Crippen LogP contribution is -2.07. The van der Waals surface area contributed by atoms with Gasteiger partial charge in [-0.1, -0.05) is 6.07 Å². The molecule has 0 bridgehead atoms. The lowest BCUT2D eigenvalue weighted by atomic mass is 10.1. The predicted molar refractivity (Wildman–Crippen MR) is 73.2 cm³/mol. The highest BCUT2D eigenvalue weighted by atomic mass is 16.5. The third-order valence-electron chi connectivity index (χ3n) is 2.91. The van der Waals surface area contributed by atoms with Gasteiger partial charge < -0.3 is 14.5 Å². The van der Waals surface area contributed by atoms with E-state index >= 15 is 0 Å². The van der Waals surface area contributed by atoms with E-state index in [1.54, 1.807) is 7.11 Å². The maximum Gasteiger partial charge on any atom is 0.141 e. The molecule has 18 heavy (non-hydrogen) atoms. The molecule has 1 unspecified atom stereocenters. The molecule has 0 spiro atoms. The number of aryl methyl sites for hydroxylation is 2. The number of hydrogen-bond acceptors (Lipinski definition) is 3. The van der Waals surface area contributed by atoms with Gasteiger partial charge in [-0.25, -0.2) is 0 Å². The fraction of sp³-hybridized carbons (Fsp3) is 0.333. The topological polar surface area (TPSA) is 34.4 Å². The SMILES string of the molecule is COc1ccc(C)cc1NC(C)c1ccc(C)o1. The number of nitrogens with one attached hydrogen (secondary N) is 1. The Balaban J connectivity index is 2.20. The molecule has 0 saturated heterocycles. The standard InChI is InChI=1S/C15H19NO2/c1-10-5-7-15(17-4)13(9-10)16-12(3)14-8-6-11(2)18-14/h5-9,12,16H,1-4H3. The Morgan fingerprint density at radius 2 is 1.94 bits per heavy atom. The average molecular weight is 245 g/mol. The summed E-state index contributed by atoms with van der Waals surface area (Å²) in [6.07, 6.45) is 0. The summed E-state index contributed by atoms with van der Waals surface area (Å²) in [7, 11) is 1.68. The van der Waals surface area contributed by atoms with Gasteiger partial charge in [0, 0.05) is 0 Å². The van der Waals surface area contributed by atoms with Crippen LogP contribution in [0.5, 0.6) is 5.75 Å². The van der Waals surface area contributed by atoms with Gasteiger partial charge in [0.25, 0.3) is 0 Å². The van der Waals surface area contributed by atoms with Crippen LogP contribution < -0.4 is 10.1 Å². The number of hydrogen-bond donors (Lipinski definition) is 1. The number of ether oxygens (including phenoxy) is 1. The van der Waals surface area contributed by atoms with Gasteiger partial charge in [-0.2, -0.15) is 0 Å². The maximum absolute atomic E-state index is 5.62. The number of methoxy groups -OCH3 is 1. The summed E-state index contributed by atoms with van der Waals surface area (Å²) in [6, 6.07) is 10.2. The van der Waals surface area contributed by atoms with Crippen molar-refractivity contribution >= 4 is 5.69 Å².